The molecule has 2 aromatic rings. The molecule has 0 saturated heterocycles. The van der Waals surface area contributed by atoms with Gasteiger partial charge in [0.15, 0.2) is 0 Å². The summed E-state index contributed by atoms with van der Waals surface area (Å²) in [7, 11) is 0. The number of imide groups is 1. The Morgan fingerprint density at radius 1 is 1.00 bits per heavy atom. The van der Waals surface area contributed by atoms with Gasteiger partial charge in [0, 0.05) is 12.1 Å². The third-order valence-electron chi connectivity index (χ3n) is 4.08. The van der Waals surface area contributed by atoms with E-state index in [0.29, 0.717) is 29.2 Å². The second kappa shape index (κ2) is 6.89. The molecule has 0 saturated carbocycles. The van der Waals surface area contributed by atoms with E-state index in [9.17, 15) is 14.4 Å². The molecule has 1 N–H and O–H groups in total. The summed E-state index contributed by atoms with van der Waals surface area (Å²) in [5, 5.41) is 2.86. The van der Waals surface area contributed by atoms with Gasteiger partial charge in [-0.3, -0.25) is 19.3 Å². The lowest BCUT2D eigenvalue weighted by atomic mass is 10.1. The molecule has 0 bridgehead atoms. The zero-order valence-corrected chi connectivity index (χ0v) is 14.3. The summed E-state index contributed by atoms with van der Waals surface area (Å²) < 4.78 is 0. The van der Waals surface area contributed by atoms with Gasteiger partial charge < -0.3 is 5.32 Å². The molecule has 3 rings (SSSR count). The Balaban J connectivity index is 1.76. The first-order valence-corrected chi connectivity index (χ1v) is 8.29. The van der Waals surface area contributed by atoms with Crippen molar-refractivity contribution in [3.63, 3.8) is 0 Å². The standard InChI is InChI=1S/C20H20N2O3/c1-13(2)11-21-18(23)15-7-5-6-14(10-15)12-22-19(24)16-8-3-4-9-17(16)20(22)25/h3-10,13H,11-12H2,1-2H3,(H,21,23). The average molecular weight is 336 g/mol. The van der Waals surface area contributed by atoms with Gasteiger partial charge >= 0.3 is 0 Å². The fraction of sp³-hybridized carbons (Fsp3) is 0.250. The van der Waals surface area contributed by atoms with Crippen molar-refractivity contribution in [1.29, 1.82) is 0 Å². The minimum atomic E-state index is -0.296. The van der Waals surface area contributed by atoms with Crippen LogP contribution in [0.5, 0.6) is 0 Å². The zero-order chi connectivity index (χ0) is 18.0. The number of carbonyl (C=O) groups excluding carboxylic acids is 3. The van der Waals surface area contributed by atoms with Crippen LogP contribution in [0.15, 0.2) is 48.5 Å². The quantitative estimate of drug-likeness (QED) is 0.854. The Bertz CT molecular complexity index is 807. The van der Waals surface area contributed by atoms with Gasteiger partial charge in [-0.15, -0.1) is 0 Å². The maximum absolute atomic E-state index is 12.4. The van der Waals surface area contributed by atoms with Gasteiger partial charge in [0.2, 0.25) is 0 Å². The second-order valence-corrected chi connectivity index (χ2v) is 6.55. The largest absolute Gasteiger partial charge is 0.352 e. The molecule has 1 aliphatic heterocycles. The number of fused-ring (bicyclic) bond motifs is 1. The fourth-order valence-corrected chi connectivity index (χ4v) is 2.78. The number of hydrogen-bond donors (Lipinski definition) is 1. The smallest absolute Gasteiger partial charge is 0.261 e. The number of nitrogens with zero attached hydrogens (tertiary/aromatic N) is 1. The zero-order valence-electron chi connectivity index (χ0n) is 14.3. The van der Waals surface area contributed by atoms with Crippen LogP contribution in [0.4, 0.5) is 0 Å². The Morgan fingerprint density at radius 3 is 2.24 bits per heavy atom. The van der Waals surface area contributed by atoms with E-state index in [-0.39, 0.29) is 24.3 Å². The third kappa shape index (κ3) is 3.45. The molecule has 128 valence electrons. The molecule has 0 unspecified atom stereocenters. The van der Waals surface area contributed by atoms with Crippen LogP contribution in [0.3, 0.4) is 0 Å². The first kappa shape index (κ1) is 16.9. The number of amides is 3. The number of benzene rings is 2. The fourth-order valence-electron chi connectivity index (χ4n) is 2.78. The Kier molecular flexibility index (Phi) is 4.65. The van der Waals surface area contributed by atoms with Crippen molar-refractivity contribution in [2.45, 2.75) is 20.4 Å². The number of carbonyl (C=O) groups is 3. The number of rotatable bonds is 5. The highest BCUT2D eigenvalue weighted by Gasteiger charge is 2.34. The topological polar surface area (TPSA) is 66.5 Å². The molecule has 0 atom stereocenters. The Labute approximate surface area is 146 Å². The molecule has 1 aliphatic rings. The van der Waals surface area contributed by atoms with Crippen molar-refractivity contribution in [1.82, 2.24) is 10.2 Å². The molecule has 0 aromatic heterocycles. The van der Waals surface area contributed by atoms with Crippen molar-refractivity contribution in [2.75, 3.05) is 6.54 Å². The molecule has 5 heteroatoms. The lowest BCUT2D eigenvalue weighted by molar-refractivity contribution is 0.0642. The molecule has 5 nitrogen and oxygen atoms in total. The maximum atomic E-state index is 12.4. The summed E-state index contributed by atoms with van der Waals surface area (Å²) in [5.41, 5.74) is 2.12. The summed E-state index contributed by atoms with van der Waals surface area (Å²) in [4.78, 5) is 38.3. The summed E-state index contributed by atoms with van der Waals surface area (Å²) >= 11 is 0. The minimum Gasteiger partial charge on any atom is -0.352 e. The normalized spacial score (nSPS) is 13.3. The molecular weight excluding hydrogens is 316 g/mol. The highest BCUT2D eigenvalue weighted by molar-refractivity contribution is 6.21. The van der Waals surface area contributed by atoms with Crippen LogP contribution in [-0.4, -0.2) is 29.2 Å². The van der Waals surface area contributed by atoms with Crippen molar-refractivity contribution >= 4 is 17.7 Å². The van der Waals surface area contributed by atoms with Crippen LogP contribution < -0.4 is 5.32 Å². The van der Waals surface area contributed by atoms with Crippen LogP contribution in [-0.2, 0) is 6.54 Å². The summed E-state index contributed by atoms with van der Waals surface area (Å²) in [5.74, 6) is -0.381. The van der Waals surface area contributed by atoms with Crippen molar-refractivity contribution < 1.29 is 14.4 Å². The first-order chi connectivity index (χ1) is 12.0. The van der Waals surface area contributed by atoms with Crippen LogP contribution in [0, 0.1) is 5.92 Å². The van der Waals surface area contributed by atoms with E-state index in [1.165, 1.54) is 4.90 Å². The highest BCUT2D eigenvalue weighted by Crippen LogP contribution is 2.24. The van der Waals surface area contributed by atoms with Crippen LogP contribution in [0.1, 0.15) is 50.5 Å². The number of hydrogen-bond acceptors (Lipinski definition) is 3. The molecule has 3 amide bonds. The monoisotopic (exact) mass is 336 g/mol. The van der Waals surface area contributed by atoms with Gasteiger partial charge in [-0.2, -0.15) is 0 Å². The van der Waals surface area contributed by atoms with E-state index in [1.807, 2.05) is 19.9 Å². The number of nitrogens with one attached hydrogen (secondary N) is 1. The molecular formula is C20H20N2O3. The van der Waals surface area contributed by atoms with Gasteiger partial charge in [-0.05, 0) is 35.7 Å². The van der Waals surface area contributed by atoms with Crippen LogP contribution in [0.25, 0.3) is 0 Å². The van der Waals surface area contributed by atoms with Crippen LogP contribution >= 0.6 is 0 Å². The predicted octanol–water partition coefficient (Wildman–Crippen LogP) is 2.87. The SMILES string of the molecule is CC(C)CNC(=O)c1cccc(CN2C(=O)c3ccccc3C2=O)c1. The van der Waals surface area contributed by atoms with E-state index in [4.69, 9.17) is 0 Å². The summed E-state index contributed by atoms with van der Waals surface area (Å²) in [6, 6.07) is 13.8. The van der Waals surface area contributed by atoms with E-state index >= 15 is 0 Å². The molecule has 0 aliphatic carbocycles. The van der Waals surface area contributed by atoms with Gasteiger partial charge in [-0.1, -0.05) is 38.1 Å². The molecule has 2 aromatic carbocycles. The molecule has 1 heterocycles. The van der Waals surface area contributed by atoms with Gasteiger partial charge in [-0.25, -0.2) is 0 Å². The highest BCUT2D eigenvalue weighted by atomic mass is 16.2. The van der Waals surface area contributed by atoms with E-state index in [2.05, 4.69) is 5.32 Å². The van der Waals surface area contributed by atoms with Crippen molar-refractivity contribution in [2.24, 2.45) is 5.92 Å². The molecule has 0 spiro atoms. The molecule has 25 heavy (non-hydrogen) atoms. The third-order valence-corrected chi connectivity index (χ3v) is 4.08. The van der Waals surface area contributed by atoms with Gasteiger partial charge in [0.05, 0.1) is 17.7 Å². The lowest BCUT2D eigenvalue weighted by Crippen LogP contribution is -2.30. The van der Waals surface area contributed by atoms with Crippen molar-refractivity contribution in [3.05, 3.63) is 70.8 Å². The Morgan fingerprint density at radius 2 is 1.64 bits per heavy atom. The predicted molar refractivity (Wildman–Crippen MR) is 94.3 cm³/mol. The first-order valence-electron chi connectivity index (χ1n) is 8.29. The minimum absolute atomic E-state index is 0.150. The Hall–Kier alpha value is -2.95. The lowest BCUT2D eigenvalue weighted by Gasteiger charge is -2.15. The van der Waals surface area contributed by atoms with Crippen LogP contribution in [0.2, 0.25) is 0 Å². The van der Waals surface area contributed by atoms with Crippen molar-refractivity contribution in [3.8, 4) is 0 Å². The van der Waals surface area contributed by atoms with E-state index < -0.39 is 0 Å². The summed E-state index contributed by atoms with van der Waals surface area (Å²) in [6.45, 7) is 4.80. The van der Waals surface area contributed by atoms with Gasteiger partial charge in [0.1, 0.15) is 0 Å². The van der Waals surface area contributed by atoms with E-state index in [1.54, 1.807) is 42.5 Å². The molecule has 0 fully saturated rings. The second-order valence-electron chi connectivity index (χ2n) is 6.55. The summed E-state index contributed by atoms with van der Waals surface area (Å²) in [6.07, 6.45) is 0. The molecule has 0 radical (unpaired) electrons. The van der Waals surface area contributed by atoms with E-state index in [0.717, 1.165) is 5.56 Å². The average Bonchev–Trinajstić information content (AvgIpc) is 2.85. The maximum Gasteiger partial charge on any atom is 0.261 e. The van der Waals surface area contributed by atoms with Gasteiger partial charge in [0.25, 0.3) is 17.7 Å².